The van der Waals surface area contributed by atoms with Gasteiger partial charge >= 0.3 is 18.5 Å². The Morgan fingerprint density at radius 3 is 1.98 bits per heavy atom. The zero-order chi connectivity index (χ0) is 36.8. The summed E-state index contributed by atoms with van der Waals surface area (Å²) >= 11 is 0. The van der Waals surface area contributed by atoms with Crippen molar-refractivity contribution in [2.45, 2.75) is 89.0 Å². The van der Waals surface area contributed by atoms with Crippen molar-refractivity contribution in [1.82, 2.24) is 20.2 Å². The van der Waals surface area contributed by atoms with Crippen molar-refractivity contribution in [3.05, 3.63) is 64.2 Å². The number of anilines is 2. The number of carbonyl (C=O) groups excluding carboxylic acids is 2. The van der Waals surface area contributed by atoms with Crippen LogP contribution in [0, 0.1) is 11.8 Å². The number of tetrazole rings is 1. The van der Waals surface area contributed by atoms with Crippen LogP contribution in [-0.2, 0) is 41.7 Å². The monoisotopic (exact) mass is 719 g/mol. The summed E-state index contributed by atoms with van der Waals surface area (Å²) in [4.78, 5) is 29.2. The fourth-order valence-electron chi connectivity index (χ4n) is 6.96. The first-order valence-electron chi connectivity index (χ1n) is 15.9. The quantitative estimate of drug-likeness (QED) is 0.247. The number of alkyl halides is 9. The number of aromatic nitrogens is 4. The van der Waals surface area contributed by atoms with E-state index in [1.165, 1.54) is 16.8 Å². The number of halogens is 9. The van der Waals surface area contributed by atoms with Crippen LogP contribution in [-0.4, -0.2) is 38.1 Å². The van der Waals surface area contributed by atoms with Gasteiger partial charge in [0.15, 0.2) is 0 Å². The smallest absolute Gasteiger partial charge is 0.370 e. The fraction of sp³-hybridized carbons (Fsp3) is 0.531. The lowest BCUT2D eigenvalue weighted by atomic mass is 9.78. The van der Waals surface area contributed by atoms with Crippen molar-refractivity contribution in [2.75, 3.05) is 9.80 Å². The van der Waals surface area contributed by atoms with E-state index in [0.29, 0.717) is 44.2 Å². The molecule has 272 valence electrons. The molecule has 0 unspecified atom stereocenters. The number of fused-ring (bicyclic) bond motifs is 1. The van der Waals surface area contributed by atoms with Crippen molar-refractivity contribution >= 4 is 23.5 Å². The molecule has 1 aliphatic carbocycles. The standard InChI is InChI=1S/C32H34F9N7O2/c1-3-23-15-26(47(29-43-45-46(2)44-29)16-18-10-21(31(36,37)38)13-22(11-18)32(39,40)41)24-14-20(30(33,34)35)8-9-25(24)48(23)28(50)19-6-4-17(5-7-19)12-27(42)49/h8-11,13-14,17,19,23,26H,3-7,12,15-16H2,1-2H3,(H2,42,49)/t17-,19+,23-,26+/m1/s1. The molecule has 3 aromatic rings. The number of benzene rings is 2. The number of amides is 2. The van der Waals surface area contributed by atoms with Crippen LogP contribution in [0.3, 0.4) is 0 Å². The summed E-state index contributed by atoms with van der Waals surface area (Å²) in [5, 5.41) is 11.8. The topological polar surface area (TPSA) is 110 Å². The first-order chi connectivity index (χ1) is 23.3. The van der Waals surface area contributed by atoms with Gasteiger partial charge in [-0.05, 0) is 97.2 Å². The molecule has 5 rings (SSSR count). The van der Waals surface area contributed by atoms with Crippen LogP contribution < -0.4 is 15.5 Å². The van der Waals surface area contributed by atoms with Crippen molar-refractivity contribution in [2.24, 2.45) is 24.6 Å². The van der Waals surface area contributed by atoms with E-state index in [1.807, 2.05) is 0 Å². The van der Waals surface area contributed by atoms with Gasteiger partial charge in [0.25, 0.3) is 5.95 Å². The normalized spacial score (nSPS) is 21.5. The molecule has 18 heteroatoms. The van der Waals surface area contributed by atoms with E-state index < -0.39 is 71.2 Å². The highest BCUT2D eigenvalue weighted by Crippen LogP contribution is 2.47. The molecule has 0 spiro atoms. The third-order valence-corrected chi connectivity index (χ3v) is 9.36. The summed E-state index contributed by atoms with van der Waals surface area (Å²) in [6.07, 6.45) is -12.7. The van der Waals surface area contributed by atoms with Gasteiger partial charge in [0.05, 0.1) is 29.8 Å². The maximum absolute atomic E-state index is 14.1. The van der Waals surface area contributed by atoms with Crippen molar-refractivity contribution in [1.29, 1.82) is 0 Å². The minimum absolute atomic E-state index is 0.00707. The molecule has 0 bridgehead atoms. The molecule has 2 N–H and O–H groups in total. The van der Waals surface area contributed by atoms with Gasteiger partial charge in [-0.2, -0.15) is 44.3 Å². The first kappa shape index (κ1) is 36.9. The zero-order valence-electron chi connectivity index (χ0n) is 26.9. The highest BCUT2D eigenvalue weighted by Gasteiger charge is 2.44. The molecule has 50 heavy (non-hydrogen) atoms. The molecule has 1 fully saturated rings. The Balaban J connectivity index is 1.61. The average molecular weight is 720 g/mol. The van der Waals surface area contributed by atoms with Gasteiger partial charge in [-0.15, -0.1) is 5.10 Å². The predicted molar refractivity (Wildman–Crippen MR) is 161 cm³/mol. The van der Waals surface area contributed by atoms with Crippen LogP contribution in [0.25, 0.3) is 0 Å². The lowest BCUT2D eigenvalue weighted by Gasteiger charge is -2.46. The van der Waals surface area contributed by atoms with E-state index in [1.54, 1.807) is 6.92 Å². The minimum Gasteiger partial charge on any atom is -0.370 e. The Kier molecular flexibility index (Phi) is 10.1. The SMILES string of the molecule is CC[C@@H]1C[C@H](N(Cc2cc(C(F)(F)F)cc(C(F)(F)F)c2)c2nnn(C)n2)c2cc(C(F)(F)F)ccc2N1C(=O)[C@H]1CC[C@@H](CC(N)=O)CC1. The maximum Gasteiger partial charge on any atom is 0.416 e. The zero-order valence-corrected chi connectivity index (χ0v) is 26.9. The van der Waals surface area contributed by atoms with Gasteiger partial charge < -0.3 is 15.5 Å². The van der Waals surface area contributed by atoms with E-state index in [9.17, 15) is 49.1 Å². The van der Waals surface area contributed by atoms with Gasteiger partial charge in [-0.1, -0.05) is 12.0 Å². The second kappa shape index (κ2) is 13.7. The summed E-state index contributed by atoms with van der Waals surface area (Å²) in [7, 11) is 1.37. The number of rotatable bonds is 8. The maximum atomic E-state index is 14.1. The highest BCUT2D eigenvalue weighted by molar-refractivity contribution is 5.97. The summed E-state index contributed by atoms with van der Waals surface area (Å²) in [5.41, 5.74) is 0.782. The van der Waals surface area contributed by atoms with E-state index in [0.717, 1.165) is 23.0 Å². The van der Waals surface area contributed by atoms with Crippen molar-refractivity contribution in [3.8, 4) is 0 Å². The number of primary amides is 1. The van der Waals surface area contributed by atoms with E-state index in [2.05, 4.69) is 15.4 Å². The Hall–Kier alpha value is -4.38. The molecule has 0 radical (unpaired) electrons. The Bertz CT molecular complexity index is 1680. The van der Waals surface area contributed by atoms with Crippen LogP contribution in [0.1, 0.15) is 85.7 Å². The van der Waals surface area contributed by atoms with Gasteiger partial charge in [-0.3, -0.25) is 9.59 Å². The molecule has 1 saturated carbocycles. The summed E-state index contributed by atoms with van der Waals surface area (Å²) in [5.74, 6) is -1.53. The fourth-order valence-corrected chi connectivity index (χ4v) is 6.96. The number of hydrogen-bond acceptors (Lipinski definition) is 6. The van der Waals surface area contributed by atoms with Gasteiger partial charge in [0.1, 0.15) is 0 Å². The molecule has 9 nitrogen and oxygen atoms in total. The first-order valence-corrected chi connectivity index (χ1v) is 15.9. The second-order valence-corrected chi connectivity index (χ2v) is 12.8. The highest BCUT2D eigenvalue weighted by atomic mass is 19.4. The molecule has 2 atom stereocenters. The minimum atomic E-state index is -5.14. The lowest BCUT2D eigenvalue weighted by Crippen LogP contribution is -2.50. The Morgan fingerprint density at radius 2 is 1.48 bits per heavy atom. The van der Waals surface area contributed by atoms with Gasteiger partial charge in [0.2, 0.25) is 11.8 Å². The van der Waals surface area contributed by atoms with Crippen LogP contribution in [0.2, 0.25) is 0 Å². The molecule has 2 heterocycles. The summed E-state index contributed by atoms with van der Waals surface area (Å²) in [6, 6.07) is 2.12. The van der Waals surface area contributed by atoms with Crippen LogP contribution >= 0.6 is 0 Å². The number of hydrogen-bond donors (Lipinski definition) is 1. The number of nitrogens with two attached hydrogens (primary N) is 1. The molecule has 1 aromatic heterocycles. The van der Waals surface area contributed by atoms with E-state index >= 15 is 0 Å². The molecular weight excluding hydrogens is 685 g/mol. The van der Waals surface area contributed by atoms with E-state index in [4.69, 9.17) is 5.73 Å². The third-order valence-electron chi connectivity index (χ3n) is 9.36. The predicted octanol–water partition coefficient (Wildman–Crippen LogP) is 7.21. The summed E-state index contributed by atoms with van der Waals surface area (Å²) in [6.45, 7) is 1.08. The molecule has 2 aromatic carbocycles. The third kappa shape index (κ3) is 7.98. The van der Waals surface area contributed by atoms with Crippen LogP contribution in [0.4, 0.5) is 51.1 Å². The molecule has 1 aliphatic heterocycles. The number of carbonyl (C=O) groups is 2. The number of aryl methyl sites for hydroxylation is 1. The summed E-state index contributed by atoms with van der Waals surface area (Å²) < 4.78 is 125. The molecule has 2 aliphatic rings. The van der Waals surface area contributed by atoms with E-state index in [-0.39, 0.29) is 47.9 Å². The Morgan fingerprint density at radius 1 is 0.880 bits per heavy atom. The van der Waals surface area contributed by atoms with Crippen molar-refractivity contribution in [3.63, 3.8) is 0 Å². The average Bonchev–Trinajstić information content (AvgIpc) is 3.46. The van der Waals surface area contributed by atoms with Crippen molar-refractivity contribution < 1.29 is 49.1 Å². The van der Waals surface area contributed by atoms with Gasteiger partial charge in [-0.25, -0.2) is 0 Å². The Labute approximate surface area is 280 Å². The molecule has 0 saturated heterocycles. The number of nitrogens with zero attached hydrogens (tertiary/aromatic N) is 6. The molecule has 2 amide bonds. The largest absolute Gasteiger partial charge is 0.416 e. The van der Waals surface area contributed by atoms with Crippen LogP contribution in [0.15, 0.2) is 36.4 Å². The second-order valence-electron chi connectivity index (χ2n) is 12.8. The molecular formula is C32H34F9N7O2. The lowest BCUT2D eigenvalue weighted by molar-refractivity contribution is -0.143. The van der Waals surface area contributed by atoms with Gasteiger partial charge in [0, 0.05) is 30.6 Å². The van der Waals surface area contributed by atoms with Crippen LogP contribution in [0.5, 0.6) is 0 Å².